The standard InChI is InChI=1S/C8H16FN/c1-2-6-4-3-5-7(9)8(6)10/h6-8H,2-5,10H2,1H3/t6-,7+,8+/m1/s1. The predicted molar refractivity (Wildman–Crippen MR) is 40.5 cm³/mol. The third kappa shape index (κ3) is 1.48. The van der Waals surface area contributed by atoms with Crippen LogP contribution in [0.4, 0.5) is 4.39 Å². The van der Waals surface area contributed by atoms with Crippen molar-refractivity contribution in [1.29, 1.82) is 0 Å². The van der Waals surface area contributed by atoms with Crippen molar-refractivity contribution in [3.63, 3.8) is 0 Å². The summed E-state index contributed by atoms with van der Waals surface area (Å²) in [5.41, 5.74) is 5.66. The molecule has 1 aliphatic rings. The maximum atomic E-state index is 12.9. The van der Waals surface area contributed by atoms with Crippen molar-refractivity contribution in [2.24, 2.45) is 11.7 Å². The highest BCUT2D eigenvalue weighted by molar-refractivity contribution is 4.84. The molecule has 0 spiro atoms. The SMILES string of the molecule is CC[C@@H]1CCC[C@H](F)[C@H]1N. The fourth-order valence-corrected chi connectivity index (χ4v) is 1.73. The summed E-state index contributed by atoms with van der Waals surface area (Å²) in [7, 11) is 0. The van der Waals surface area contributed by atoms with Gasteiger partial charge in [-0.15, -0.1) is 0 Å². The maximum Gasteiger partial charge on any atom is 0.115 e. The minimum Gasteiger partial charge on any atom is -0.325 e. The molecule has 0 aromatic rings. The van der Waals surface area contributed by atoms with Gasteiger partial charge in [0.05, 0.1) is 0 Å². The number of nitrogens with two attached hydrogens (primary N) is 1. The van der Waals surface area contributed by atoms with E-state index in [4.69, 9.17) is 5.73 Å². The Balaban J connectivity index is 2.42. The van der Waals surface area contributed by atoms with Gasteiger partial charge in [0.1, 0.15) is 6.17 Å². The smallest absolute Gasteiger partial charge is 0.115 e. The van der Waals surface area contributed by atoms with E-state index in [0.717, 1.165) is 19.3 Å². The molecular formula is C8H16FN. The van der Waals surface area contributed by atoms with Gasteiger partial charge in [-0.05, 0) is 18.8 Å². The van der Waals surface area contributed by atoms with Crippen LogP contribution < -0.4 is 5.73 Å². The van der Waals surface area contributed by atoms with Gasteiger partial charge in [0.15, 0.2) is 0 Å². The van der Waals surface area contributed by atoms with E-state index in [9.17, 15) is 4.39 Å². The molecule has 1 saturated carbocycles. The molecule has 1 fully saturated rings. The van der Waals surface area contributed by atoms with Crippen molar-refractivity contribution in [3.8, 4) is 0 Å². The highest BCUT2D eigenvalue weighted by Gasteiger charge is 2.28. The average molecular weight is 145 g/mol. The first-order valence-electron chi connectivity index (χ1n) is 4.15. The van der Waals surface area contributed by atoms with Crippen LogP contribution in [0.25, 0.3) is 0 Å². The van der Waals surface area contributed by atoms with Crippen LogP contribution >= 0.6 is 0 Å². The number of rotatable bonds is 1. The van der Waals surface area contributed by atoms with Crippen LogP contribution in [0, 0.1) is 5.92 Å². The molecule has 10 heavy (non-hydrogen) atoms. The van der Waals surface area contributed by atoms with E-state index in [1.807, 2.05) is 0 Å². The quantitative estimate of drug-likeness (QED) is 0.598. The largest absolute Gasteiger partial charge is 0.325 e. The maximum absolute atomic E-state index is 12.9. The Labute approximate surface area is 61.8 Å². The van der Waals surface area contributed by atoms with Crippen molar-refractivity contribution in [1.82, 2.24) is 0 Å². The first kappa shape index (κ1) is 7.99. The molecule has 1 aliphatic carbocycles. The van der Waals surface area contributed by atoms with E-state index in [1.54, 1.807) is 0 Å². The zero-order valence-corrected chi connectivity index (χ0v) is 6.52. The summed E-state index contributed by atoms with van der Waals surface area (Å²) < 4.78 is 12.9. The second-order valence-corrected chi connectivity index (χ2v) is 3.19. The van der Waals surface area contributed by atoms with Crippen LogP contribution in [0.15, 0.2) is 0 Å². The Morgan fingerprint density at radius 3 is 2.70 bits per heavy atom. The van der Waals surface area contributed by atoms with Crippen LogP contribution in [-0.4, -0.2) is 12.2 Å². The van der Waals surface area contributed by atoms with Crippen LogP contribution in [0.2, 0.25) is 0 Å². The van der Waals surface area contributed by atoms with Crippen LogP contribution in [0.1, 0.15) is 32.6 Å². The summed E-state index contributed by atoms with van der Waals surface area (Å²) in [6, 6.07) is -0.182. The summed E-state index contributed by atoms with van der Waals surface area (Å²) in [6.07, 6.45) is 3.11. The average Bonchev–Trinajstić information content (AvgIpc) is 1.95. The lowest BCUT2D eigenvalue weighted by atomic mass is 9.82. The summed E-state index contributed by atoms with van der Waals surface area (Å²) in [5.74, 6) is 0.434. The Hall–Kier alpha value is -0.110. The highest BCUT2D eigenvalue weighted by atomic mass is 19.1. The van der Waals surface area contributed by atoms with Crippen molar-refractivity contribution in [2.45, 2.75) is 44.8 Å². The molecule has 3 atom stereocenters. The number of hydrogen-bond donors (Lipinski definition) is 1. The van der Waals surface area contributed by atoms with Gasteiger partial charge in [-0.25, -0.2) is 4.39 Å². The minimum atomic E-state index is -0.737. The Kier molecular flexibility index (Phi) is 2.66. The molecule has 0 aromatic carbocycles. The normalized spacial score (nSPS) is 41.7. The van der Waals surface area contributed by atoms with Crippen LogP contribution in [-0.2, 0) is 0 Å². The first-order chi connectivity index (χ1) is 4.75. The van der Waals surface area contributed by atoms with E-state index in [-0.39, 0.29) is 6.04 Å². The van der Waals surface area contributed by atoms with E-state index in [2.05, 4.69) is 6.92 Å². The van der Waals surface area contributed by atoms with Gasteiger partial charge in [-0.1, -0.05) is 19.8 Å². The second kappa shape index (κ2) is 3.33. The van der Waals surface area contributed by atoms with Gasteiger partial charge in [-0.2, -0.15) is 0 Å². The monoisotopic (exact) mass is 145 g/mol. The molecule has 1 nitrogen and oxygen atoms in total. The van der Waals surface area contributed by atoms with Gasteiger partial charge in [-0.3, -0.25) is 0 Å². The molecular weight excluding hydrogens is 129 g/mol. The number of halogens is 1. The highest BCUT2D eigenvalue weighted by Crippen LogP contribution is 2.27. The molecule has 2 heteroatoms. The molecule has 0 radical (unpaired) electrons. The number of alkyl halides is 1. The van der Waals surface area contributed by atoms with Crippen molar-refractivity contribution in [3.05, 3.63) is 0 Å². The predicted octanol–water partition coefficient (Wildman–Crippen LogP) is 1.86. The van der Waals surface area contributed by atoms with Crippen molar-refractivity contribution < 1.29 is 4.39 Å². The number of hydrogen-bond acceptors (Lipinski definition) is 1. The van der Waals surface area contributed by atoms with Crippen molar-refractivity contribution >= 4 is 0 Å². The molecule has 1 rings (SSSR count). The lowest BCUT2D eigenvalue weighted by Crippen LogP contribution is -2.41. The summed E-state index contributed by atoms with van der Waals surface area (Å²) in [4.78, 5) is 0. The third-order valence-electron chi connectivity index (χ3n) is 2.54. The van der Waals surface area contributed by atoms with E-state index in [1.165, 1.54) is 0 Å². The Morgan fingerprint density at radius 2 is 2.20 bits per heavy atom. The van der Waals surface area contributed by atoms with E-state index < -0.39 is 6.17 Å². The molecule has 2 N–H and O–H groups in total. The Morgan fingerprint density at radius 1 is 1.50 bits per heavy atom. The first-order valence-corrected chi connectivity index (χ1v) is 4.15. The molecule has 60 valence electrons. The third-order valence-corrected chi connectivity index (χ3v) is 2.54. The van der Waals surface area contributed by atoms with Gasteiger partial charge in [0.25, 0.3) is 0 Å². The lowest BCUT2D eigenvalue weighted by Gasteiger charge is -2.30. The summed E-state index contributed by atoms with van der Waals surface area (Å²) in [5, 5.41) is 0. The summed E-state index contributed by atoms with van der Waals surface area (Å²) in [6.45, 7) is 2.09. The zero-order valence-electron chi connectivity index (χ0n) is 6.52. The summed E-state index contributed by atoms with van der Waals surface area (Å²) >= 11 is 0. The van der Waals surface area contributed by atoms with E-state index >= 15 is 0 Å². The fourth-order valence-electron chi connectivity index (χ4n) is 1.73. The molecule has 0 aromatic heterocycles. The lowest BCUT2D eigenvalue weighted by molar-refractivity contribution is 0.160. The van der Waals surface area contributed by atoms with Crippen LogP contribution in [0.5, 0.6) is 0 Å². The van der Waals surface area contributed by atoms with Crippen LogP contribution in [0.3, 0.4) is 0 Å². The minimum absolute atomic E-state index is 0.182. The Bertz CT molecular complexity index is 105. The molecule has 0 aliphatic heterocycles. The topological polar surface area (TPSA) is 26.0 Å². The van der Waals surface area contributed by atoms with E-state index in [0.29, 0.717) is 12.3 Å². The molecule has 0 bridgehead atoms. The van der Waals surface area contributed by atoms with Gasteiger partial charge < -0.3 is 5.73 Å². The van der Waals surface area contributed by atoms with Gasteiger partial charge >= 0.3 is 0 Å². The fraction of sp³-hybridized carbons (Fsp3) is 1.00. The zero-order chi connectivity index (χ0) is 7.56. The molecule has 0 saturated heterocycles. The molecule has 0 heterocycles. The molecule has 0 amide bonds. The van der Waals surface area contributed by atoms with Gasteiger partial charge in [0, 0.05) is 6.04 Å². The molecule has 0 unspecified atom stereocenters. The van der Waals surface area contributed by atoms with Crippen molar-refractivity contribution in [2.75, 3.05) is 0 Å². The second-order valence-electron chi connectivity index (χ2n) is 3.19. The van der Waals surface area contributed by atoms with Gasteiger partial charge in [0.2, 0.25) is 0 Å².